The third-order valence-electron chi connectivity index (χ3n) is 4.74. The minimum atomic E-state index is -4.69. The lowest BCUT2D eigenvalue weighted by atomic mass is 10.1. The first kappa shape index (κ1) is 18.9. The molecule has 0 fully saturated rings. The van der Waals surface area contributed by atoms with E-state index in [1.54, 1.807) is 16.7 Å². The minimum absolute atomic E-state index is 0.0740. The zero-order valence-corrected chi connectivity index (χ0v) is 14.7. The summed E-state index contributed by atoms with van der Waals surface area (Å²) in [5.74, 6) is -2.27. The Hall–Kier alpha value is -3.42. The third kappa shape index (κ3) is 3.30. The van der Waals surface area contributed by atoms with Crippen molar-refractivity contribution < 1.29 is 26.7 Å². The van der Waals surface area contributed by atoms with Gasteiger partial charge in [0.2, 0.25) is 5.91 Å². The van der Waals surface area contributed by atoms with Crippen molar-refractivity contribution in [2.24, 2.45) is 5.73 Å². The van der Waals surface area contributed by atoms with Gasteiger partial charge in [0.15, 0.2) is 0 Å². The molecular weight excluding hydrogens is 391 g/mol. The monoisotopic (exact) mass is 404 g/mol. The van der Waals surface area contributed by atoms with Crippen molar-refractivity contribution in [3.8, 4) is 0 Å². The molecular formula is C21H13F5N2O. The van der Waals surface area contributed by atoms with Crippen LogP contribution in [0.2, 0.25) is 0 Å². The summed E-state index contributed by atoms with van der Waals surface area (Å²) in [5.41, 5.74) is 5.53. The number of fused-ring (bicyclic) bond motifs is 3. The van der Waals surface area contributed by atoms with E-state index in [0.717, 1.165) is 12.1 Å². The predicted octanol–water partition coefficient (Wildman–Crippen LogP) is 5.24. The SMILES string of the molecule is NC(=O)c1cccc2c1c1cc(F)ccc1n2Cc1cc(F)cc(C(F)(F)F)c1. The molecule has 4 aromatic rings. The quantitative estimate of drug-likeness (QED) is 0.467. The summed E-state index contributed by atoms with van der Waals surface area (Å²) < 4.78 is 68.4. The van der Waals surface area contributed by atoms with Crippen molar-refractivity contribution in [3.05, 3.63) is 82.9 Å². The highest BCUT2D eigenvalue weighted by atomic mass is 19.4. The molecule has 0 aliphatic rings. The van der Waals surface area contributed by atoms with Gasteiger partial charge in [0, 0.05) is 28.4 Å². The van der Waals surface area contributed by atoms with E-state index in [0.29, 0.717) is 27.9 Å². The number of alkyl halides is 3. The number of nitrogens with zero attached hydrogens (tertiary/aromatic N) is 1. The fourth-order valence-corrected chi connectivity index (χ4v) is 3.59. The molecule has 0 unspecified atom stereocenters. The Morgan fingerprint density at radius 1 is 0.931 bits per heavy atom. The Labute approximate surface area is 161 Å². The Bertz CT molecular complexity index is 1270. The second-order valence-electron chi connectivity index (χ2n) is 6.66. The zero-order valence-electron chi connectivity index (χ0n) is 14.7. The maximum absolute atomic E-state index is 13.9. The molecule has 0 aliphatic heterocycles. The first-order chi connectivity index (χ1) is 13.6. The number of rotatable bonds is 3. The lowest BCUT2D eigenvalue weighted by Gasteiger charge is -2.12. The average molecular weight is 404 g/mol. The summed E-state index contributed by atoms with van der Waals surface area (Å²) in [4.78, 5) is 11.9. The van der Waals surface area contributed by atoms with Crippen molar-refractivity contribution in [1.82, 2.24) is 4.57 Å². The molecule has 29 heavy (non-hydrogen) atoms. The number of carbonyl (C=O) groups excluding carboxylic acids is 1. The molecule has 0 atom stereocenters. The molecule has 1 aromatic heterocycles. The van der Waals surface area contributed by atoms with Crippen LogP contribution >= 0.6 is 0 Å². The summed E-state index contributed by atoms with van der Waals surface area (Å²) in [5, 5.41) is 0.781. The van der Waals surface area contributed by atoms with Gasteiger partial charge in [-0.2, -0.15) is 13.2 Å². The van der Waals surface area contributed by atoms with Crippen LogP contribution in [-0.4, -0.2) is 10.5 Å². The van der Waals surface area contributed by atoms with Crippen LogP contribution in [0.3, 0.4) is 0 Å². The first-order valence-electron chi connectivity index (χ1n) is 8.52. The normalized spacial score (nSPS) is 12.0. The van der Waals surface area contributed by atoms with Crippen LogP contribution < -0.4 is 5.73 Å². The van der Waals surface area contributed by atoms with Crippen molar-refractivity contribution in [1.29, 1.82) is 0 Å². The predicted molar refractivity (Wildman–Crippen MR) is 98.4 cm³/mol. The van der Waals surface area contributed by atoms with Crippen molar-refractivity contribution in [2.75, 3.05) is 0 Å². The topological polar surface area (TPSA) is 48.0 Å². The molecule has 0 spiro atoms. The van der Waals surface area contributed by atoms with Crippen LogP contribution in [0.1, 0.15) is 21.5 Å². The van der Waals surface area contributed by atoms with Crippen molar-refractivity contribution in [2.45, 2.75) is 12.7 Å². The second kappa shape index (κ2) is 6.58. The molecule has 1 heterocycles. The van der Waals surface area contributed by atoms with Gasteiger partial charge in [0.25, 0.3) is 0 Å². The van der Waals surface area contributed by atoms with Gasteiger partial charge in [0.05, 0.1) is 11.1 Å². The van der Waals surface area contributed by atoms with Gasteiger partial charge in [-0.15, -0.1) is 0 Å². The number of aromatic nitrogens is 1. The van der Waals surface area contributed by atoms with E-state index in [2.05, 4.69) is 0 Å². The number of benzene rings is 3. The van der Waals surface area contributed by atoms with Gasteiger partial charge in [-0.05, 0) is 54.1 Å². The maximum Gasteiger partial charge on any atom is 0.416 e. The summed E-state index contributed by atoms with van der Waals surface area (Å²) >= 11 is 0. The molecule has 0 aliphatic carbocycles. The van der Waals surface area contributed by atoms with E-state index >= 15 is 0 Å². The number of hydrogen-bond donors (Lipinski definition) is 1. The van der Waals surface area contributed by atoms with Crippen LogP contribution in [0, 0.1) is 11.6 Å². The fraction of sp³-hybridized carbons (Fsp3) is 0.0952. The van der Waals surface area contributed by atoms with Gasteiger partial charge in [0.1, 0.15) is 11.6 Å². The molecule has 0 radical (unpaired) electrons. The van der Waals surface area contributed by atoms with Crippen LogP contribution in [0.5, 0.6) is 0 Å². The van der Waals surface area contributed by atoms with Gasteiger partial charge in [-0.1, -0.05) is 6.07 Å². The number of hydrogen-bond acceptors (Lipinski definition) is 1. The number of primary amides is 1. The molecule has 2 N–H and O–H groups in total. The molecule has 4 rings (SSSR count). The van der Waals surface area contributed by atoms with Gasteiger partial charge >= 0.3 is 6.18 Å². The molecule has 3 aromatic carbocycles. The Morgan fingerprint density at radius 2 is 1.69 bits per heavy atom. The molecule has 148 valence electrons. The number of nitrogens with two attached hydrogens (primary N) is 1. The van der Waals surface area contributed by atoms with E-state index < -0.39 is 29.3 Å². The van der Waals surface area contributed by atoms with Crippen LogP contribution in [0.15, 0.2) is 54.6 Å². The Morgan fingerprint density at radius 3 is 2.38 bits per heavy atom. The Balaban J connectivity index is 1.98. The summed E-state index contributed by atoms with van der Waals surface area (Å²) in [6, 6.07) is 10.9. The number of halogens is 5. The van der Waals surface area contributed by atoms with E-state index in [4.69, 9.17) is 5.73 Å². The van der Waals surface area contributed by atoms with Crippen LogP contribution in [0.4, 0.5) is 22.0 Å². The van der Waals surface area contributed by atoms with Crippen LogP contribution in [-0.2, 0) is 12.7 Å². The largest absolute Gasteiger partial charge is 0.416 e. The zero-order chi connectivity index (χ0) is 20.9. The third-order valence-corrected chi connectivity index (χ3v) is 4.74. The molecule has 3 nitrogen and oxygen atoms in total. The summed E-state index contributed by atoms with van der Waals surface area (Å²) in [6.07, 6.45) is -4.69. The van der Waals surface area contributed by atoms with E-state index in [1.165, 1.54) is 24.3 Å². The smallest absolute Gasteiger partial charge is 0.366 e. The average Bonchev–Trinajstić information content (AvgIpc) is 2.93. The van der Waals surface area contributed by atoms with Crippen molar-refractivity contribution >= 4 is 27.7 Å². The molecule has 0 bridgehead atoms. The molecule has 0 saturated carbocycles. The van der Waals surface area contributed by atoms with Gasteiger partial charge < -0.3 is 10.3 Å². The maximum atomic E-state index is 13.9. The second-order valence-corrected chi connectivity index (χ2v) is 6.66. The molecule has 8 heteroatoms. The number of carbonyl (C=O) groups is 1. The van der Waals surface area contributed by atoms with Gasteiger partial charge in [-0.3, -0.25) is 4.79 Å². The van der Waals surface area contributed by atoms with E-state index in [9.17, 15) is 26.7 Å². The van der Waals surface area contributed by atoms with Crippen LogP contribution in [0.25, 0.3) is 21.8 Å². The highest BCUT2D eigenvalue weighted by Crippen LogP contribution is 2.34. The molecule has 1 amide bonds. The first-order valence-corrected chi connectivity index (χ1v) is 8.52. The Kier molecular flexibility index (Phi) is 4.29. The van der Waals surface area contributed by atoms with E-state index in [-0.39, 0.29) is 17.7 Å². The van der Waals surface area contributed by atoms with Crippen molar-refractivity contribution in [3.63, 3.8) is 0 Å². The highest BCUT2D eigenvalue weighted by molar-refractivity contribution is 6.17. The number of amides is 1. The lowest BCUT2D eigenvalue weighted by molar-refractivity contribution is -0.137. The highest BCUT2D eigenvalue weighted by Gasteiger charge is 2.31. The molecule has 0 saturated heterocycles. The van der Waals surface area contributed by atoms with E-state index in [1.807, 2.05) is 0 Å². The summed E-state index contributed by atoms with van der Waals surface area (Å²) in [6.45, 7) is -0.116. The minimum Gasteiger partial charge on any atom is -0.366 e. The fourth-order valence-electron chi connectivity index (χ4n) is 3.59. The standard InChI is InChI=1S/C21H13F5N2O/c22-13-4-5-17-16(9-13)19-15(20(27)29)2-1-3-18(19)28(17)10-11-6-12(21(24,25)26)8-14(23)7-11/h1-9H,10H2,(H2,27,29). The summed E-state index contributed by atoms with van der Waals surface area (Å²) in [7, 11) is 0. The lowest BCUT2D eigenvalue weighted by Crippen LogP contribution is -2.11. The van der Waals surface area contributed by atoms with Gasteiger partial charge in [-0.25, -0.2) is 8.78 Å².